The first kappa shape index (κ1) is 15.6. The van der Waals surface area contributed by atoms with Gasteiger partial charge in [-0.3, -0.25) is 0 Å². The molecule has 2 aromatic rings. The van der Waals surface area contributed by atoms with E-state index >= 15 is 0 Å². The lowest BCUT2D eigenvalue weighted by molar-refractivity contribution is -0.139. The summed E-state index contributed by atoms with van der Waals surface area (Å²) in [6.07, 6.45) is 0.234. The van der Waals surface area contributed by atoms with Crippen LogP contribution in [0.3, 0.4) is 0 Å². The molecule has 2 aromatic carbocycles. The number of carboxylic acids is 1. The third kappa shape index (κ3) is 4.63. The molecule has 0 saturated carbocycles. The van der Waals surface area contributed by atoms with E-state index in [0.29, 0.717) is 5.69 Å². The van der Waals surface area contributed by atoms with Crippen molar-refractivity contribution in [2.24, 2.45) is 0 Å². The average molecular weight is 298 g/mol. The van der Waals surface area contributed by atoms with E-state index in [2.05, 4.69) is 10.6 Å². The number of carbonyl (C=O) groups excluding carboxylic acids is 1. The monoisotopic (exact) mass is 298 g/mol. The zero-order chi connectivity index (χ0) is 15.9. The third-order valence-electron chi connectivity index (χ3n) is 3.20. The predicted molar refractivity (Wildman–Crippen MR) is 84.9 cm³/mol. The zero-order valence-electron chi connectivity index (χ0n) is 12.2. The minimum Gasteiger partial charge on any atom is -0.480 e. The molecular formula is C17H18N2O3. The van der Waals surface area contributed by atoms with Gasteiger partial charge >= 0.3 is 12.0 Å². The van der Waals surface area contributed by atoms with E-state index in [1.54, 1.807) is 12.1 Å². The maximum absolute atomic E-state index is 11.9. The molecule has 0 spiro atoms. The first-order valence-electron chi connectivity index (χ1n) is 6.95. The van der Waals surface area contributed by atoms with Crippen LogP contribution in [0.5, 0.6) is 0 Å². The molecule has 2 rings (SSSR count). The van der Waals surface area contributed by atoms with Gasteiger partial charge in [0.25, 0.3) is 0 Å². The van der Waals surface area contributed by atoms with Gasteiger partial charge < -0.3 is 15.7 Å². The summed E-state index contributed by atoms with van der Waals surface area (Å²) in [4.78, 5) is 23.2. The summed E-state index contributed by atoms with van der Waals surface area (Å²) in [6.45, 7) is 1.95. The SMILES string of the molecule is Cc1ccc(NC(=O)NC(Cc2ccccc2)C(=O)O)cc1. The van der Waals surface area contributed by atoms with E-state index in [9.17, 15) is 14.7 Å². The van der Waals surface area contributed by atoms with Crippen LogP contribution in [0.1, 0.15) is 11.1 Å². The van der Waals surface area contributed by atoms with E-state index in [1.165, 1.54) is 0 Å². The van der Waals surface area contributed by atoms with Crippen molar-refractivity contribution in [2.45, 2.75) is 19.4 Å². The summed E-state index contributed by atoms with van der Waals surface area (Å²) < 4.78 is 0. The van der Waals surface area contributed by atoms with Crippen LogP contribution in [0.2, 0.25) is 0 Å². The van der Waals surface area contributed by atoms with Crippen LogP contribution in [0, 0.1) is 6.92 Å². The first-order chi connectivity index (χ1) is 10.5. The van der Waals surface area contributed by atoms with Crippen LogP contribution in [0.4, 0.5) is 10.5 Å². The maximum Gasteiger partial charge on any atom is 0.326 e. The minimum absolute atomic E-state index is 0.234. The number of carboxylic acid groups (broad SMARTS) is 1. The van der Waals surface area contributed by atoms with E-state index < -0.39 is 18.0 Å². The molecule has 0 bridgehead atoms. The fourth-order valence-corrected chi connectivity index (χ4v) is 2.01. The van der Waals surface area contributed by atoms with Gasteiger partial charge in [-0.2, -0.15) is 0 Å². The van der Waals surface area contributed by atoms with Crippen LogP contribution < -0.4 is 10.6 Å². The van der Waals surface area contributed by atoms with Crippen molar-refractivity contribution in [2.75, 3.05) is 5.32 Å². The van der Waals surface area contributed by atoms with E-state index in [-0.39, 0.29) is 6.42 Å². The lowest BCUT2D eigenvalue weighted by atomic mass is 10.1. The Labute approximate surface area is 129 Å². The summed E-state index contributed by atoms with van der Waals surface area (Å²) in [6, 6.07) is 14.9. The van der Waals surface area contributed by atoms with Crippen LogP contribution in [0.25, 0.3) is 0 Å². The van der Waals surface area contributed by atoms with Crippen molar-refractivity contribution in [3.63, 3.8) is 0 Å². The summed E-state index contributed by atoms with van der Waals surface area (Å²) >= 11 is 0. The number of benzene rings is 2. The smallest absolute Gasteiger partial charge is 0.326 e. The number of aryl methyl sites for hydroxylation is 1. The van der Waals surface area contributed by atoms with Gasteiger partial charge in [-0.25, -0.2) is 9.59 Å². The second-order valence-corrected chi connectivity index (χ2v) is 5.05. The predicted octanol–water partition coefficient (Wildman–Crippen LogP) is 2.81. The maximum atomic E-state index is 11.9. The van der Waals surface area contributed by atoms with Crippen molar-refractivity contribution in [3.05, 3.63) is 65.7 Å². The van der Waals surface area contributed by atoms with Crippen LogP contribution >= 0.6 is 0 Å². The van der Waals surface area contributed by atoms with Gasteiger partial charge in [0.05, 0.1) is 0 Å². The Morgan fingerprint density at radius 2 is 1.68 bits per heavy atom. The van der Waals surface area contributed by atoms with Crippen molar-refractivity contribution in [1.29, 1.82) is 0 Å². The highest BCUT2D eigenvalue weighted by molar-refractivity contribution is 5.92. The molecule has 22 heavy (non-hydrogen) atoms. The third-order valence-corrected chi connectivity index (χ3v) is 3.20. The molecule has 0 aliphatic carbocycles. The largest absolute Gasteiger partial charge is 0.480 e. The molecule has 0 radical (unpaired) electrons. The Bertz CT molecular complexity index is 639. The molecule has 0 saturated heterocycles. The van der Waals surface area contributed by atoms with Gasteiger partial charge in [0.2, 0.25) is 0 Å². The molecule has 3 N–H and O–H groups in total. The van der Waals surface area contributed by atoms with Crippen LogP contribution in [-0.4, -0.2) is 23.1 Å². The van der Waals surface area contributed by atoms with E-state index in [4.69, 9.17) is 0 Å². The van der Waals surface area contributed by atoms with Crippen molar-refractivity contribution in [3.8, 4) is 0 Å². The molecule has 0 heterocycles. The minimum atomic E-state index is -1.07. The van der Waals surface area contributed by atoms with Gasteiger partial charge in [0, 0.05) is 12.1 Å². The second-order valence-electron chi connectivity index (χ2n) is 5.05. The summed E-state index contributed by atoms with van der Waals surface area (Å²) in [5.74, 6) is -1.07. The average Bonchev–Trinajstić information content (AvgIpc) is 2.50. The normalized spacial score (nSPS) is 11.5. The van der Waals surface area contributed by atoms with Gasteiger partial charge in [-0.05, 0) is 24.6 Å². The van der Waals surface area contributed by atoms with E-state index in [1.807, 2.05) is 49.4 Å². The lowest BCUT2D eigenvalue weighted by Crippen LogP contribution is -2.44. The number of anilines is 1. The number of urea groups is 1. The molecule has 0 aromatic heterocycles. The summed E-state index contributed by atoms with van der Waals surface area (Å²) in [5.41, 5.74) is 2.55. The van der Waals surface area contributed by atoms with E-state index in [0.717, 1.165) is 11.1 Å². The zero-order valence-corrected chi connectivity index (χ0v) is 12.2. The highest BCUT2D eigenvalue weighted by atomic mass is 16.4. The molecule has 114 valence electrons. The highest BCUT2D eigenvalue weighted by Gasteiger charge is 2.20. The molecule has 1 atom stereocenters. The molecule has 5 nitrogen and oxygen atoms in total. The lowest BCUT2D eigenvalue weighted by Gasteiger charge is -2.15. The highest BCUT2D eigenvalue weighted by Crippen LogP contribution is 2.09. The summed E-state index contributed by atoms with van der Waals surface area (Å²) in [7, 11) is 0. The van der Waals surface area contributed by atoms with Crippen LogP contribution in [0.15, 0.2) is 54.6 Å². The standard InChI is InChI=1S/C17H18N2O3/c1-12-7-9-14(10-8-12)18-17(22)19-15(16(20)21)11-13-5-3-2-4-6-13/h2-10,15H,11H2,1H3,(H,20,21)(H2,18,19,22). The Morgan fingerprint density at radius 1 is 1.05 bits per heavy atom. The number of amides is 2. The van der Waals surface area contributed by atoms with Crippen LogP contribution in [-0.2, 0) is 11.2 Å². The van der Waals surface area contributed by atoms with Gasteiger partial charge in [-0.1, -0.05) is 48.0 Å². The topological polar surface area (TPSA) is 78.4 Å². The molecule has 0 aliphatic rings. The molecule has 1 unspecified atom stereocenters. The summed E-state index contributed by atoms with van der Waals surface area (Å²) in [5, 5.41) is 14.3. The number of carbonyl (C=O) groups is 2. The Morgan fingerprint density at radius 3 is 2.27 bits per heavy atom. The fourth-order valence-electron chi connectivity index (χ4n) is 2.01. The molecular weight excluding hydrogens is 280 g/mol. The van der Waals surface area contributed by atoms with Crippen molar-refractivity contribution in [1.82, 2.24) is 5.32 Å². The molecule has 0 fully saturated rings. The van der Waals surface area contributed by atoms with Crippen molar-refractivity contribution < 1.29 is 14.7 Å². The van der Waals surface area contributed by atoms with Gasteiger partial charge in [-0.15, -0.1) is 0 Å². The van der Waals surface area contributed by atoms with Gasteiger partial charge in [0.15, 0.2) is 0 Å². The molecule has 2 amide bonds. The number of rotatable bonds is 5. The number of aliphatic carboxylic acids is 1. The quantitative estimate of drug-likeness (QED) is 0.794. The number of hydrogen-bond acceptors (Lipinski definition) is 2. The number of hydrogen-bond donors (Lipinski definition) is 3. The fraction of sp³-hybridized carbons (Fsp3) is 0.176. The molecule has 5 heteroatoms. The Hall–Kier alpha value is -2.82. The number of nitrogens with one attached hydrogen (secondary N) is 2. The Balaban J connectivity index is 1.97. The first-order valence-corrected chi connectivity index (χ1v) is 6.95. The second kappa shape index (κ2) is 7.26. The molecule has 0 aliphatic heterocycles. The Kier molecular flexibility index (Phi) is 5.14. The van der Waals surface area contributed by atoms with Gasteiger partial charge in [0.1, 0.15) is 6.04 Å². The van der Waals surface area contributed by atoms with Crippen molar-refractivity contribution >= 4 is 17.7 Å².